The lowest BCUT2D eigenvalue weighted by atomic mass is 10.0. The van der Waals surface area contributed by atoms with E-state index in [0.29, 0.717) is 16.7 Å². The van der Waals surface area contributed by atoms with Crippen LogP contribution in [0.2, 0.25) is 5.04 Å². The van der Waals surface area contributed by atoms with E-state index in [1.807, 2.05) is 60.7 Å². The molecular weight excluding hydrogens is 735 g/mol. The molecule has 11 heteroatoms. The first kappa shape index (κ1) is 42.2. The molecule has 3 N–H and O–H groups in total. The maximum atomic E-state index is 14.0. The number of nitrogens with zero attached hydrogens (tertiary/aromatic N) is 1. The standard InChI is InChI=1S/C46H53N3O7Si/c1-7-49(8-2)37-25-22-35-32-40(43(51)56-41(35)33-37)42(50)48-29-31-54-46(44(52)53-9-3,27-26-34-20-23-36(47)24-21-34)28-30-55-57(45(4,5)6,38-16-12-10-13-17-38)39-18-14-11-15-19-39/h10-28,30,32-33H,7-9,29,31,47H2,1-6H3,(H,48,50)/b27-26+,30-28+. The second-order valence-corrected chi connectivity index (χ2v) is 18.8. The summed E-state index contributed by atoms with van der Waals surface area (Å²) in [6.45, 7) is 13.8. The summed E-state index contributed by atoms with van der Waals surface area (Å²) < 4.78 is 24.6. The summed E-state index contributed by atoms with van der Waals surface area (Å²) in [5, 5.41) is 5.13. The Morgan fingerprint density at radius 2 is 1.47 bits per heavy atom. The number of nitrogens with one attached hydrogen (secondary N) is 1. The van der Waals surface area contributed by atoms with Crippen molar-refractivity contribution in [2.24, 2.45) is 0 Å². The van der Waals surface area contributed by atoms with Crippen LogP contribution in [-0.2, 0) is 18.7 Å². The number of anilines is 2. The Morgan fingerprint density at radius 1 is 0.842 bits per heavy atom. The first-order valence-corrected chi connectivity index (χ1v) is 21.2. The number of carbonyl (C=O) groups excluding carboxylic acids is 2. The minimum absolute atomic E-state index is 0.0442. The van der Waals surface area contributed by atoms with Crippen LogP contribution in [-0.4, -0.2) is 58.6 Å². The van der Waals surface area contributed by atoms with Crippen LogP contribution in [0.1, 0.15) is 57.5 Å². The van der Waals surface area contributed by atoms with Gasteiger partial charge < -0.3 is 34.3 Å². The monoisotopic (exact) mass is 787 g/mol. The number of rotatable bonds is 17. The molecule has 0 spiro atoms. The number of esters is 1. The van der Waals surface area contributed by atoms with Crippen molar-refractivity contribution in [3.05, 3.63) is 149 Å². The van der Waals surface area contributed by atoms with Gasteiger partial charge in [0.05, 0.1) is 19.5 Å². The third kappa shape index (κ3) is 9.73. The van der Waals surface area contributed by atoms with Crippen LogP contribution in [0.15, 0.2) is 137 Å². The summed E-state index contributed by atoms with van der Waals surface area (Å²) in [6.07, 6.45) is 6.46. The van der Waals surface area contributed by atoms with Gasteiger partial charge in [-0.15, -0.1) is 0 Å². The quantitative estimate of drug-likeness (QED) is 0.0254. The number of benzene rings is 4. The summed E-state index contributed by atoms with van der Waals surface area (Å²) in [6, 6.07) is 34.5. The molecule has 1 heterocycles. The van der Waals surface area contributed by atoms with Gasteiger partial charge in [0.15, 0.2) is 0 Å². The number of amides is 1. The van der Waals surface area contributed by atoms with E-state index in [1.54, 1.807) is 49.6 Å². The van der Waals surface area contributed by atoms with Gasteiger partial charge in [0.1, 0.15) is 11.1 Å². The zero-order chi connectivity index (χ0) is 41.1. The van der Waals surface area contributed by atoms with E-state index >= 15 is 0 Å². The Labute approximate surface area is 336 Å². The molecule has 0 aliphatic heterocycles. The number of nitrogen functional groups attached to an aromatic ring is 1. The van der Waals surface area contributed by atoms with Crippen LogP contribution in [0.3, 0.4) is 0 Å². The number of carbonyl (C=O) groups is 2. The normalized spacial score (nSPS) is 13.1. The van der Waals surface area contributed by atoms with E-state index < -0.39 is 31.4 Å². The maximum absolute atomic E-state index is 14.0. The molecule has 0 radical (unpaired) electrons. The van der Waals surface area contributed by atoms with Crippen molar-refractivity contribution in [2.45, 2.75) is 52.2 Å². The van der Waals surface area contributed by atoms with E-state index in [2.05, 4.69) is 69.1 Å². The number of nitrogens with two attached hydrogens (primary N) is 1. The fourth-order valence-electron chi connectivity index (χ4n) is 6.87. The average Bonchev–Trinajstić information content (AvgIpc) is 3.21. The fourth-order valence-corrected chi connectivity index (χ4v) is 11.2. The number of hydrogen-bond donors (Lipinski definition) is 2. The first-order valence-electron chi connectivity index (χ1n) is 19.3. The minimum Gasteiger partial charge on any atom is -0.540 e. The Balaban J connectivity index is 1.46. The van der Waals surface area contributed by atoms with E-state index in [0.717, 1.165) is 34.7 Å². The summed E-state index contributed by atoms with van der Waals surface area (Å²) in [4.78, 5) is 42.5. The highest BCUT2D eigenvalue weighted by atomic mass is 28.4. The van der Waals surface area contributed by atoms with Gasteiger partial charge in [0, 0.05) is 42.5 Å². The Kier molecular flexibility index (Phi) is 13.9. The van der Waals surface area contributed by atoms with Crippen molar-refractivity contribution < 1.29 is 27.9 Å². The fraction of sp³-hybridized carbons (Fsp3) is 0.283. The van der Waals surface area contributed by atoms with Gasteiger partial charge in [-0.3, -0.25) is 4.79 Å². The van der Waals surface area contributed by atoms with Gasteiger partial charge >= 0.3 is 19.9 Å². The van der Waals surface area contributed by atoms with Crippen molar-refractivity contribution in [3.63, 3.8) is 0 Å². The van der Waals surface area contributed by atoms with E-state index in [1.165, 1.54) is 6.07 Å². The number of ether oxygens (including phenoxy) is 2. The molecule has 1 amide bonds. The van der Waals surface area contributed by atoms with Crippen LogP contribution >= 0.6 is 0 Å². The van der Waals surface area contributed by atoms with Crippen LogP contribution in [0.5, 0.6) is 0 Å². The Bertz CT molecular complexity index is 2190. The molecule has 0 aliphatic rings. The molecule has 0 saturated heterocycles. The maximum Gasteiger partial charge on any atom is 0.349 e. The molecule has 0 bridgehead atoms. The largest absolute Gasteiger partial charge is 0.540 e. The summed E-state index contributed by atoms with van der Waals surface area (Å²) in [5.41, 5.74) is 5.94. The lowest BCUT2D eigenvalue weighted by Gasteiger charge is -2.42. The highest BCUT2D eigenvalue weighted by molar-refractivity contribution is 6.99. The van der Waals surface area contributed by atoms with Crippen LogP contribution in [0.4, 0.5) is 11.4 Å². The topological polar surface area (TPSA) is 133 Å². The van der Waals surface area contributed by atoms with Crippen LogP contribution in [0.25, 0.3) is 17.0 Å². The number of hydrogen-bond acceptors (Lipinski definition) is 9. The molecule has 4 aromatic carbocycles. The van der Waals surface area contributed by atoms with Gasteiger partial charge in [-0.05, 0) is 84.2 Å². The molecule has 5 rings (SSSR count). The third-order valence-corrected chi connectivity index (χ3v) is 14.7. The van der Waals surface area contributed by atoms with Gasteiger partial charge in [-0.1, -0.05) is 99.6 Å². The molecule has 57 heavy (non-hydrogen) atoms. The van der Waals surface area contributed by atoms with Gasteiger partial charge in [-0.25, -0.2) is 9.59 Å². The predicted octanol–water partition coefficient (Wildman–Crippen LogP) is 7.07. The molecule has 1 unspecified atom stereocenters. The summed E-state index contributed by atoms with van der Waals surface area (Å²) in [5.74, 6) is -1.31. The smallest absolute Gasteiger partial charge is 0.349 e. The second kappa shape index (κ2) is 18.8. The van der Waals surface area contributed by atoms with E-state index in [-0.39, 0.29) is 30.4 Å². The van der Waals surface area contributed by atoms with Crippen molar-refractivity contribution >= 4 is 59.0 Å². The van der Waals surface area contributed by atoms with Gasteiger partial charge in [0.25, 0.3) is 5.91 Å². The van der Waals surface area contributed by atoms with Crippen molar-refractivity contribution in [1.82, 2.24) is 5.32 Å². The average molecular weight is 788 g/mol. The molecule has 0 fully saturated rings. The minimum atomic E-state index is -3.05. The van der Waals surface area contributed by atoms with Crippen molar-refractivity contribution in [3.8, 4) is 0 Å². The van der Waals surface area contributed by atoms with Gasteiger partial charge in [-0.2, -0.15) is 0 Å². The molecule has 10 nitrogen and oxygen atoms in total. The predicted molar refractivity (Wildman–Crippen MR) is 231 cm³/mol. The van der Waals surface area contributed by atoms with Crippen molar-refractivity contribution in [1.29, 1.82) is 0 Å². The summed E-state index contributed by atoms with van der Waals surface area (Å²) >= 11 is 0. The molecule has 298 valence electrons. The lowest BCUT2D eigenvalue weighted by Crippen LogP contribution is -2.65. The zero-order valence-corrected chi connectivity index (χ0v) is 34.6. The molecule has 0 saturated carbocycles. The van der Waals surface area contributed by atoms with E-state index in [4.69, 9.17) is 24.1 Å². The Morgan fingerprint density at radius 3 is 2.05 bits per heavy atom. The molecular formula is C46H53N3O7Si. The van der Waals surface area contributed by atoms with Crippen molar-refractivity contribution in [2.75, 3.05) is 43.5 Å². The lowest BCUT2D eigenvalue weighted by molar-refractivity contribution is -0.160. The highest BCUT2D eigenvalue weighted by Gasteiger charge is 2.51. The highest BCUT2D eigenvalue weighted by Crippen LogP contribution is 2.37. The SMILES string of the molecule is CCOC(=O)C(/C=C/O[Si](c1ccccc1)(c1ccccc1)C(C)(C)C)(/C=C/c1ccc(N)cc1)OCCNC(=O)c1cc2ccc(N(CC)CC)cc2oc1=O. The van der Waals surface area contributed by atoms with Gasteiger partial charge in [0.2, 0.25) is 5.60 Å². The van der Waals surface area contributed by atoms with E-state index in [9.17, 15) is 14.4 Å². The van der Waals surface area contributed by atoms with Crippen LogP contribution in [0, 0.1) is 0 Å². The second-order valence-electron chi connectivity index (χ2n) is 14.5. The number of fused-ring (bicyclic) bond motifs is 1. The molecule has 1 aromatic heterocycles. The summed E-state index contributed by atoms with van der Waals surface area (Å²) in [7, 11) is -3.05. The molecule has 0 aliphatic carbocycles. The first-order chi connectivity index (χ1) is 27.4. The Hall–Kier alpha value is -5.91. The third-order valence-electron chi connectivity index (χ3n) is 9.85. The van der Waals surface area contributed by atoms with Crippen LogP contribution < -0.4 is 31.9 Å². The zero-order valence-electron chi connectivity index (χ0n) is 33.6. The molecule has 5 aromatic rings. The molecule has 1 atom stereocenters.